The number of nitrogens with zero attached hydrogens (tertiary/aromatic N) is 4. The van der Waals surface area contributed by atoms with Gasteiger partial charge < -0.3 is 10.2 Å². The molecule has 0 fully saturated rings. The van der Waals surface area contributed by atoms with Gasteiger partial charge in [0.25, 0.3) is 0 Å². The number of hydrogen-bond acceptors (Lipinski definition) is 4. The largest absolute Gasteiger partial charge is 0.331 e. The number of aromatic nitrogens is 2. The minimum atomic E-state index is -0.0906. The molecular weight excluding hydrogens is 374 g/mol. The van der Waals surface area contributed by atoms with Gasteiger partial charge in [-0.3, -0.25) is 14.5 Å². The number of hydrogen-bond donors (Lipinski definition) is 1. The van der Waals surface area contributed by atoms with E-state index in [-0.39, 0.29) is 18.5 Å². The summed E-state index contributed by atoms with van der Waals surface area (Å²) >= 11 is 0. The lowest BCUT2D eigenvalue weighted by molar-refractivity contribution is -0.121. The summed E-state index contributed by atoms with van der Waals surface area (Å²) in [6, 6.07) is 6.72. The number of rotatable bonds is 4. The highest BCUT2D eigenvalue weighted by Crippen LogP contribution is 2.31. The molecule has 0 saturated heterocycles. The van der Waals surface area contributed by atoms with E-state index in [2.05, 4.69) is 58.4 Å². The Morgan fingerprint density at radius 1 is 1.30 bits per heavy atom. The predicted molar refractivity (Wildman–Crippen MR) is 120 cm³/mol. The fraction of sp³-hybridized carbons (Fsp3) is 0.375. The standard InChI is InChI=1S/C24H27N5O/c1-16-3-5-18(6-4-16)19-7-8-20-13-25-29(22(20)11-19)15-24(30)27-21-9-10-28-14-17(2)26-23(28)12-21/h5,7-13,16-17H,3-4,6,14-15H2,1-2H3,(H,27,30). The summed E-state index contributed by atoms with van der Waals surface area (Å²) in [6.45, 7) is 5.46. The Morgan fingerprint density at radius 3 is 3.03 bits per heavy atom. The average molecular weight is 402 g/mol. The lowest BCUT2D eigenvalue weighted by atomic mass is 9.87. The first-order valence-corrected chi connectivity index (χ1v) is 10.7. The quantitative estimate of drug-likeness (QED) is 0.846. The highest BCUT2D eigenvalue weighted by Gasteiger charge is 2.22. The number of carbonyl (C=O) groups is 1. The van der Waals surface area contributed by atoms with Gasteiger partial charge >= 0.3 is 0 Å². The van der Waals surface area contributed by atoms with E-state index in [1.807, 2.05) is 24.5 Å². The van der Waals surface area contributed by atoms with Gasteiger partial charge in [0.1, 0.15) is 12.4 Å². The number of nitrogens with one attached hydrogen (secondary N) is 1. The molecule has 3 aliphatic rings. The van der Waals surface area contributed by atoms with Gasteiger partial charge in [0.15, 0.2) is 0 Å². The number of fused-ring (bicyclic) bond motifs is 2. The minimum absolute atomic E-state index is 0.0906. The van der Waals surface area contributed by atoms with Crippen LogP contribution in [-0.2, 0) is 11.3 Å². The van der Waals surface area contributed by atoms with E-state index < -0.39 is 0 Å². The fourth-order valence-electron chi connectivity index (χ4n) is 4.37. The summed E-state index contributed by atoms with van der Waals surface area (Å²) in [6.07, 6.45) is 13.5. The lowest BCUT2D eigenvalue weighted by Crippen LogP contribution is -2.31. The first kappa shape index (κ1) is 18.9. The van der Waals surface area contributed by atoms with Crippen LogP contribution < -0.4 is 5.32 Å². The van der Waals surface area contributed by atoms with Gasteiger partial charge in [-0.2, -0.15) is 5.10 Å². The number of amidine groups is 1. The van der Waals surface area contributed by atoms with E-state index in [4.69, 9.17) is 0 Å². The van der Waals surface area contributed by atoms with E-state index in [9.17, 15) is 4.79 Å². The summed E-state index contributed by atoms with van der Waals surface area (Å²) in [5.41, 5.74) is 4.40. The monoisotopic (exact) mass is 401 g/mol. The van der Waals surface area contributed by atoms with Crippen molar-refractivity contribution in [1.29, 1.82) is 0 Å². The van der Waals surface area contributed by atoms with E-state index in [0.29, 0.717) is 0 Å². The Kier molecular flexibility index (Phi) is 4.77. The maximum atomic E-state index is 12.7. The van der Waals surface area contributed by atoms with Gasteiger partial charge in [0.2, 0.25) is 5.91 Å². The molecular formula is C24H27N5O. The second-order valence-corrected chi connectivity index (χ2v) is 8.64. The van der Waals surface area contributed by atoms with Crippen molar-refractivity contribution in [1.82, 2.24) is 20.0 Å². The van der Waals surface area contributed by atoms with Crippen molar-refractivity contribution in [2.45, 2.75) is 45.7 Å². The summed E-state index contributed by atoms with van der Waals surface area (Å²) in [5, 5.41) is 8.50. The Balaban J connectivity index is 1.32. The SMILES string of the molecule is CC1CC=C(c2ccc3cnn(CC(=O)NC4=CC5=NC(C)CN5C=C4)c3c2)CC1. The molecule has 1 N–H and O–H groups in total. The number of amides is 1. The first-order valence-electron chi connectivity index (χ1n) is 10.7. The van der Waals surface area contributed by atoms with E-state index in [1.54, 1.807) is 4.68 Å². The number of allylic oxidation sites excluding steroid dienone is 3. The van der Waals surface area contributed by atoms with Gasteiger partial charge in [0.05, 0.1) is 17.8 Å². The highest BCUT2D eigenvalue weighted by molar-refractivity contribution is 5.98. The van der Waals surface area contributed by atoms with Crippen molar-refractivity contribution in [3.05, 3.63) is 60.1 Å². The summed E-state index contributed by atoms with van der Waals surface area (Å²) in [5.74, 6) is 1.58. The zero-order valence-electron chi connectivity index (χ0n) is 17.5. The molecule has 1 aliphatic carbocycles. The molecule has 0 spiro atoms. The van der Waals surface area contributed by atoms with Crippen LogP contribution in [0.15, 0.2) is 59.5 Å². The second-order valence-electron chi connectivity index (χ2n) is 8.64. The van der Waals surface area contributed by atoms with Gasteiger partial charge in [-0.15, -0.1) is 0 Å². The van der Waals surface area contributed by atoms with E-state index >= 15 is 0 Å². The molecule has 2 aromatic rings. The summed E-state index contributed by atoms with van der Waals surface area (Å²) in [4.78, 5) is 19.4. The maximum absolute atomic E-state index is 12.7. The van der Waals surface area contributed by atoms with Crippen molar-refractivity contribution in [3.8, 4) is 0 Å². The number of carbonyl (C=O) groups excluding carboxylic acids is 1. The third kappa shape index (κ3) is 3.70. The highest BCUT2D eigenvalue weighted by atomic mass is 16.2. The molecule has 2 unspecified atom stereocenters. The Bertz CT molecular complexity index is 1120. The van der Waals surface area contributed by atoms with Crippen LogP contribution in [0.2, 0.25) is 0 Å². The van der Waals surface area contributed by atoms with Crippen LogP contribution in [0.3, 0.4) is 0 Å². The third-order valence-corrected chi connectivity index (χ3v) is 6.09. The number of aliphatic imine (C=N–C) groups is 1. The Hall–Kier alpha value is -3.15. The molecule has 1 amide bonds. The van der Waals surface area contributed by atoms with Crippen LogP contribution >= 0.6 is 0 Å². The van der Waals surface area contributed by atoms with E-state index in [1.165, 1.54) is 17.6 Å². The maximum Gasteiger partial charge on any atom is 0.246 e. The van der Waals surface area contributed by atoms with Crippen molar-refractivity contribution < 1.29 is 4.79 Å². The van der Waals surface area contributed by atoms with Gasteiger partial charge in [0, 0.05) is 29.9 Å². The number of benzene rings is 1. The van der Waals surface area contributed by atoms with Crippen LogP contribution in [0.5, 0.6) is 0 Å². The van der Waals surface area contributed by atoms with Crippen molar-refractivity contribution >= 4 is 28.2 Å². The molecule has 6 heteroatoms. The topological polar surface area (TPSA) is 62.5 Å². The molecule has 6 nitrogen and oxygen atoms in total. The molecule has 1 aromatic carbocycles. The summed E-state index contributed by atoms with van der Waals surface area (Å²) < 4.78 is 1.79. The van der Waals surface area contributed by atoms with Gasteiger partial charge in [-0.25, -0.2) is 0 Å². The molecule has 2 aliphatic heterocycles. The zero-order valence-corrected chi connectivity index (χ0v) is 17.5. The third-order valence-electron chi connectivity index (χ3n) is 6.09. The normalized spacial score (nSPS) is 23.1. The van der Waals surface area contributed by atoms with E-state index in [0.717, 1.165) is 47.7 Å². The molecule has 3 heterocycles. The molecule has 0 saturated carbocycles. The molecule has 154 valence electrons. The van der Waals surface area contributed by atoms with Crippen molar-refractivity contribution in [2.24, 2.45) is 10.9 Å². The zero-order chi connectivity index (χ0) is 20.7. The molecule has 0 radical (unpaired) electrons. The van der Waals surface area contributed by atoms with Crippen LogP contribution in [0.4, 0.5) is 0 Å². The minimum Gasteiger partial charge on any atom is -0.331 e. The molecule has 1 aromatic heterocycles. The van der Waals surface area contributed by atoms with Crippen LogP contribution in [0.25, 0.3) is 16.5 Å². The lowest BCUT2D eigenvalue weighted by Gasteiger charge is -2.19. The molecule has 0 bridgehead atoms. The van der Waals surface area contributed by atoms with Crippen molar-refractivity contribution in [3.63, 3.8) is 0 Å². The van der Waals surface area contributed by atoms with Crippen LogP contribution in [0.1, 0.15) is 38.7 Å². The smallest absolute Gasteiger partial charge is 0.246 e. The molecule has 2 atom stereocenters. The Morgan fingerprint density at radius 2 is 2.20 bits per heavy atom. The predicted octanol–water partition coefficient (Wildman–Crippen LogP) is 3.87. The van der Waals surface area contributed by atoms with Crippen molar-refractivity contribution in [2.75, 3.05) is 6.54 Å². The average Bonchev–Trinajstić information content (AvgIpc) is 3.30. The second kappa shape index (κ2) is 7.59. The van der Waals surface area contributed by atoms with Crippen LogP contribution in [0, 0.1) is 5.92 Å². The molecule has 5 rings (SSSR count). The Labute approximate surface area is 176 Å². The fourth-order valence-corrected chi connectivity index (χ4v) is 4.37. The van der Waals surface area contributed by atoms with Gasteiger partial charge in [-0.1, -0.05) is 25.1 Å². The van der Waals surface area contributed by atoms with Crippen LogP contribution in [-0.4, -0.2) is 39.0 Å². The van der Waals surface area contributed by atoms with Gasteiger partial charge in [-0.05, 0) is 55.4 Å². The molecule has 30 heavy (non-hydrogen) atoms. The summed E-state index contributed by atoms with van der Waals surface area (Å²) in [7, 11) is 0. The first-order chi connectivity index (χ1) is 14.5.